The third kappa shape index (κ3) is 4.04. The smallest absolute Gasteiger partial charge is 0.337 e. The Labute approximate surface area is 138 Å². The zero-order valence-corrected chi connectivity index (χ0v) is 14.2. The van der Waals surface area contributed by atoms with Gasteiger partial charge >= 0.3 is 5.97 Å². The number of rotatable bonds is 4. The Hall–Kier alpha value is -1.40. The van der Waals surface area contributed by atoms with Gasteiger partial charge in [-0.05, 0) is 40.2 Å². The quantitative estimate of drug-likeness (QED) is 0.675. The summed E-state index contributed by atoms with van der Waals surface area (Å²) in [6.07, 6.45) is 0. The lowest BCUT2D eigenvalue weighted by molar-refractivity contribution is 0.0600. The molecule has 3 nitrogen and oxygen atoms in total. The minimum atomic E-state index is -0.404. The fraction of sp³-hybridized carbons (Fsp3) is 0.133. The average molecular weight is 418 g/mol. The third-order valence-corrected chi connectivity index (χ3v) is 4.14. The second kappa shape index (κ2) is 7.04. The van der Waals surface area contributed by atoms with E-state index in [0.717, 1.165) is 10.0 Å². The second-order valence-corrected chi connectivity index (χ2v) is 5.87. The Morgan fingerprint density at radius 3 is 2.52 bits per heavy atom. The van der Waals surface area contributed by atoms with Gasteiger partial charge in [-0.3, -0.25) is 0 Å². The standard InChI is InChI=1S/C15H11Br2FO3/c1-20-15(19)9-2-3-10(13(17)6-9)8-21-11-4-5-12(16)14(18)7-11/h2-7H,8H2,1H3. The normalized spacial score (nSPS) is 10.3. The summed E-state index contributed by atoms with van der Waals surface area (Å²) in [5.41, 5.74) is 1.29. The Kier molecular flexibility index (Phi) is 5.36. The van der Waals surface area contributed by atoms with Crippen molar-refractivity contribution < 1.29 is 18.7 Å². The molecule has 2 rings (SSSR count). The van der Waals surface area contributed by atoms with Crippen LogP contribution < -0.4 is 4.74 Å². The van der Waals surface area contributed by atoms with Gasteiger partial charge in [0.2, 0.25) is 0 Å². The molecule has 6 heteroatoms. The lowest BCUT2D eigenvalue weighted by Crippen LogP contribution is -2.03. The molecule has 0 N–H and O–H groups in total. The molecule has 2 aromatic rings. The van der Waals surface area contributed by atoms with Gasteiger partial charge in [-0.15, -0.1) is 0 Å². The number of halogens is 3. The summed E-state index contributed by atoms with van der Waals surface area (Å²) in [6.45, 7) is 0.253. The minimum Gasteiger partial charge on any atom is -0.489 e. The molecule has 0 saturated heterocycles. The molecule has 0 unspecified atom stereocenters. The molecule has 0 heterocycles. The zero-order valence-electron chi connectivity index (χ0n) is 11.0. The summed E-state index contributed by atoms with van der Waals surface area (Å²) in [6, 6.07) is 9.63. The first-order chi connectivity index (χ1) is 10.0. The van der Waals surface area contributed by atoms with Crippen LogP contribution in [0.2, 0.25) is 0 Å². The van der Waals surface area contributed by atoms with Gasteiger partial charge in [0.05, 0.1) is 17.1 Å². The van der Waals surface area contributed by atoms with Crippen LogP contribution in [0, 0.1) is 5.82 Å². The van der Waals surface area contributed by atoms with Gasteiger partial charge in [-0.25, -0.2) is 9.18 Å². The Morgan fingerprint density at radius 1 is 1.14 bits per heavy atom. The van der Waals surface area contributed by atoms with Crippen LogP contribution in [-0.4, -0.2) is 13.1 Å². The number of benzene rings is 2. The van der Waals surface area contributed by atoms with E-state index < -0.39 is 5.97 Å². The van der Waals surface area contributed by atoms with Crippen molar-refractivity contribution in [3.63, 3.8) is 0 Å². The molecule has 0 amide bonds. The highest BCUT2D eigenvalue weighted by Gasteiger charge is 2.09. The summed E-state index contributed by atoms with van der Waals surface area (Å²) >= 11 is 6.46. The summed E-state index contributed by atoms with van der Waals surface area (Å²) < 4.78 is 24.7. The van der Waals surface area contributed by atoms with Gasteiger partial charge in [-0.1, -0.05) is 22.0 Å². The summed E-state index contributed by atoms with van der Waals surface area (Å²) in [5, 5.41) is 0. The van der Waals surface area contributed by atoms with E-state index in [1.165, 1.54) is 13.2 Å². The van der Waals surface area contributed by atoms with E-state index in [1.807, 2.05) is 0 Å². The van der Waals surface area contributed by atoms with Crippen LogP contribution in [-0.2, 0) is 11.3 Å². The van der Waals surface area contributed by atoms with Crippen molar-refractivity contribution in [3.05, 3.63) is 62.3 Å². The van der Waals surface area contributed by atoms with Gasteiger partial charge in [-0.2, -0.15) is 0 Å². The van der Waals surface area contributed by atoms with Crippen molar-refractivity contribution >= 4 is 37.8 Å². The molecule has 0 fully saturated rings. The van der Waals surface area contributed by atoms with Crippen molar-refractivity contribution in [1.82, 2.24) is 0 Å². The minimum absolute atomic E-state index is 0.253. The molecule has 0 spiro atoms. The maximum atomic E-state index is 13.4. The van der Waals surface area contributed by atoms with Crippen molar-refractivity contribution in [1.29, 1.82) is 0 Å². The molecule has 0 aliphatic heterocycles. The molecule has 0 saturated carbocycles. The fourth-order valence-electron chi connectivity index (χ4n) is 1.64. The predicted molar refractivity (Wildman–Crippen MR) is 83.9 cm³/mol. The predicted octanol–water partition coefficient (Wildman–Crippen LogP) is 4.72. The van der Waals surface area contributed by atoms with Gasteiger partial charge in [0, 0.05) is 16.1 Å². The summed E-state index contributed by atoms with van der Waals surface area (Å²) in [5.74, 6) is -0.356. The van der Waals surface area contributed by atoms with Crippen LogP contribution in [0.4, 0.5) is 4.39 Å². The molecular formula is C15H11Br2FO3. The number of hydrogen-bond acceptors (Lipinski definition) is 3. The van der Waals surface area contributed by atoms with E-state index in [0.29, 0.717) is 15.8 Å². The van der Waals surface area contributed by atoms with Crippen LogP contribution >= 0.6 is 31.9 Å². The van der Waals surface area contributed by atoms with Gasteiger partial charge in [0.15, 0.2) is 0 Å². The summed E-state index contributed by atoms with van der Waals surface area (Å²) in [7, 11) is 1.33. The van der Waals surface area contributed by atoms with E-state index >= 15 is 0 Å². The van der Waals surface area contributed by atoms with Crippen LogP contribution in [0.5, 0.6) is 5.75 Å². The maximum absolute atomic E-state index is 13.4. The Balaban J connectivity index is 2.09. The zero-order chi connectivity index (χ0) is 15.4. The Morgan fingerprint density at radius 2 is 1.90 bits per heavy atom. The first kappa shape index (κ1) is 16.0. The molecule has 2 aromatic carbocycles. The van der Waals surface area contributed by atoms with Crippen LogP contribution in [0.15, 0.2) is 45.3 Å². The molecule has 0 radical (unpaired) electrons. The van der Waals surface area contributed by atoms with Gasteiger partial charge < -0.3 is 9.47 Å². The molecule has 0 bridgehead atoms. The van der Waals surface area contributed by atoms with Crippen LogP contribution in [0.3, 0.4) is 0 Å². The highest BCUT2D eigenvalue weighted by atomic mass is 79.9. The van der Waals surface area contributed by atoms with E-state index in [1.54, 1.807) is 30.3 Å². The van der Waals surface area contributed by atoms with E-state index in [-0.39, 0.29) is 12.4 Å². The van der Waals surface area contributed by atoms with Crippen molar-refractivity contribution in [2.75, 3.05) is 7.11 Å². The largest absolute Gasteiger partial charge is 0.489 e. The first-order valence-corrected chi connectivity index (χ1v) is 7.54. The number of hydrogen-bond donors (Lipinski definition) is 0. The fourth-order valence-corrected chi connectivity index (χ4v) is 2.38. The van der Waals surface area contributed by atoms with Gasteiger partial charge in [0.1, 0.15) is 18.2 Å². The second-order valence-electron chi connectivity index (χ2n) is 4.16. The number of carbonyl (C=O) groups excluding carboxylic acids is 1. The van der Waals surface area contributed by atoms with Crippen molar-refractivity contribution in [2.24, 2.45) is 0 Å². The lowest BCUT2D eigenvalue weighted by atomic mass is 10.1. The lowest BCUT2D eigenvalue weighted by Gasteiger charge is -2.09. The average Bonchev–Trinajstić information content (AvgIpc) is 2.48. The highest BCUT2D eigenvalue weighted by molar-refractivity contribution is 9.10. The number of methoxy groups -OCH3 is 1. The van der Waals surface area contributed by atoms with E-state index in [2.05, 4.69) is 36.6 Å². The topological polar surface area (TPSA) is 35.5 Å². The molecule has 0 aromatic heterocycles. The first-order valence-electron chi connectivity index (χ1n) is 5.96. The monoisotopic (exact) mass is 416 g/mol. The maximum Gasteiger partial charge on any atom is 0.337 e. The van der Waals surface area contributed by atoms with Gasteiger partial charge in [0.25, 0.3) is 0 Å². The molecular weight excluding hydrogens is 407 g/mol. The number of esters is 1. The van der Waals surface area contributed by atoms with E-state index in [4.69, 9.17) is 4.74 Å². The Bertz CT molecular complexity index is 674. The molecule has 0 aliphatic rings. The van der Waals surface area contributed by atoms with Crippen molar-refractivity contribution in [3.8, 4) is 5.75 Å². The number of ether oxygens (including phenoxy) is 2. The van der Waals surface area contributed by atoms with Crippen LogP contribution in [0.25, 0.3) is 0 Å². The SMILES string of the molecule is COC(=O)c1ccc(COc2ccc(Br)c(F)c2)c(Br)c1. The summed E-state index contributed by atoms with van der Waals surface area (Å²) in [4.78, 5) is 11.4. The molecule has 21 heavy (non-hydrogen) atoms. The van der Waals surface area contributed by atoms with E-state index in [9.17, 15) is 9.18 Å². The molecule has 0 aliphatic carbocycles. The third-order valence-electron chi connectivity index (χ3n) is 2.76. The van der Waals surface area contributed by atoms with Crippen molar-refractivity contribution in [2.45, 2.75) is 6.61 Å². The molecule has 0 atom stereocenters. The number of carbonyl (C=O) groups is 1. The highest BCUT2D eigenvalue weighted by Crippen LogP contribution is 2.24. The van der Waals surface area contributed by atoms with Crippen LogP contribution in [0.1, 0.15) is 15.9 Å². The molecule has 110 valence electrons.